The number of halogens is 4. The van der Waals surface area contributed by atoms with Gasteiger partial charge in [0.25, 0.3) is 5.70 Å². The van der Waals surface area contributed by atoms with Gasteiger partial charge in [0.1, 0.15) is 0 Å². The Morgan fingerprint density at radius 2 is 2.07 bits per heavy atom. The summed E-state index contributed by atoms with van der Waals surface area (Å²) in [6.45, 7) is 0. The monoisotopic (exact) mass is 226 g/mol. The third kappa shape index (κ3) is 1.61. The van der Waals surface area contributed by atoms with Crippen molar-refractivity contribution in [3.05, 3.63) is 40.5 Å². The highest BCUT2D eigenvalue weighted by atomic mass is 35.5. The Hall–Kier alpha value is -1.04. The van der Waals surface area contributed by atoms with Crippen LogP contribution in [0.15, 0.2) is 23.9 Å². The summed E-state index contributed by atoms with van der Waals surface area (Å²) < 4.78 is 37.2. The van der Waals surface area contributed by atoms with E-state index < -0.39 is 21.7 Å². The van der Waals surface area contributed by atoms with Crippen LogP contribution in [0, 0.1) is 16.5 Å². The van der Waals surface area contributed by atoms with Crippen molar-refractivity contribution in [3.8, 4) is 0 Å². The first-order valence-corrected chi connectivity index (χ1v) is 3.80. The van der Waals surface area contributed by atoms with E-state index in [1.807, 2.05) is 0 Å². The molecule has 1 rings (SSSR count). The molecule has 14 heavy (non-hydrogen) atoms. The van der Waals surface area contributed by atoms with Crippen molar-refractivity contribution in [3.63, 3.8) is 0 Å². The van der Waals surface area contributed by atoms with E-state index in [1.54, 1.807) is 0 Å². The van der Waals surface area contributed by atoms with Crippen molar-refractivity contribution in [2.45, 2.75) is 11.1 Å². The Labute approximate surface area is 82.0 Å². The summed E-state index contributed by atoms with van der Waals surface area (Å²) in [4.78, 5) is 6.15. The van der Waals surface area contributed by atoms with Crippen LogP contribution in [0.4, 0.5) is 13.2 Å². The lowest BCUT2D eigenvalue weighted by Gasteiger charge is -2.25. The molecule has 1 radical (unpaired) electrons. The van der Waals surface area contributed by atoms with E-state index in [2.05, 4.69) is 0 Å². The van der Waals surface area contributed by atoms with Crippen molar-refractivity contribution in [1.82, 2.24) is 0 Å². The molecular weight excluding hydrogens is 223 g/mol. The van der Waals surface area contributed by atoms with Gasteiger partial charge in [0, 0.05) is 6.42 Å². The fourth-order valence-corrected chi connectivity index (χ4v) is 1.18. The first kappa shape index (κ1) is 11.0. The molecule has 0 aromatic heterocycles. The summed E-state index contributed by atoms with van der Waals surface area (Å²) in [5.74, 6) is 0. The minimum Gasteiger partial charge on any atom is -0.259 e. The third-order valence-corrected chi connectivity index (χ3v) is 2.21. The molecule has 0 amide bonds. The van der Waals surface area contributed by atoms with Crippen LogP contribution in [0.2, 0.25) is 0 Å². The van der Waals surface area contributed by atoms with Gasteiger partial charge in [0.15, 0.2) is 0 Å². The average molecular weight is 227 g/mol. The van der Waals surface area contributed by atoms with Crippen LogP contribution >= 0.6 is 11.6 Å². The molecule has 0 spiro atoms. The normalized spacial score (nSPS) is 27.3. The van der Waals surface area contributed by atoms with Crippen LogP contribution in [0.3, 0.4) is 0 Å². The first-order valence-electron chi connectivity index (χ1n) is 3.42. The van der Waals surface area contributed by atoms with E-state index >= 15 is 0 Å². The standard InChI is InChI=1S/C7H4ClF3NO2/c8-6(7(9,10)11)4-2-1-3-5(6)12(13)14/h1-4H. The van der Waals surface area contributed by atoms with Gasteiger partial charge in [-0.15, -0.1) is 0 Å². The molecule has 77 valence electrons. The maximum Gasteiger partial charge on any atom is 0.421 e. The molecule has 1 unspecified atom stereocenters. The highest BCUT2D eigenvalue weighted by Crippen LogP contribution is 2.44. The topological polar surface area (TPSA) is 43.1 Å². The van der Waals surface area contributed by atoms with Gasteiger partial charge in [-0.05, 0) is 12.2 Å². The van der Waals surface area contributed by atoms with Crippen LogP contribution < -0.4 is 0 Å². The van der Waals surface area contributed by atoms with E-state index in [1.165, 1.54) is 0 Å². The lowest BCUT2D eigenvalue weighted by Crippen LogP contribution is -2.43. The Kier molecular flexibility index (Phi) is 2.58. The molecular formula is C7H4ClF3NO2. The number of hydrogen-bond acceptors (Lipinski definition) is 2. The van der Waals surface area contributed by atoms with Gasteiger partial charge >= 0.3 is 6.18 Å². The van der Waals surface area contributed by atoms with Gasteiger partial charge in [-0.25, -0.2) is 0 Å². The van der Waals surface area contributed by atoms with Gasteiger partial charge < -0.3 is 0 Å². The van der Waals surface area contributed by atoms with E-state index in [4.69, 9.17) is 11.6 Å². The second-order valence-corrected chi connectivity index (χ2v) is 3.17. The molecule has 0 saturated carbocycles. The van der Waals surface area contributed by atoms with Gasteiger partial charge in [0.2, 0.25) is 4.87 Å². The molecule has 3 nitrogen and oxygen atoms in total. The highest BCUT2D eigenvalue weighted by molar-refractivity contribution is 6.27. The molecule has 1 aliphatic rings. The number of hydrogen-bond donors (Lipinski definition) is 0. The minimum atomic E-state index is -4.89. The summed E-state index contributed by atoms with van der Waals surface area (Å²) in [6.07, 6.45) is -1.45. The number of nitrogens with zero attached hydrogens (tertiary/aromatic N) is 1. The maximum atomic E-state index is 12.4. The Morgan fingerprint density at radius 1 is 1.50 bits per heavy atom. The summed E-state index contributed by atoms with van der Waals surface area (Å²) in [5, 5.41) is 10.3. The number of rotatable bonds is 1. The van der Waals surface area contributed by atoms with Gasteiger partial charge in [0.05, 0.1) is 4.92 Å². The lowest BCUT2D eigenvalue weighted by molar-refractivity contribution is -0.437. The predicted octanol–water partition coefficient (Wildman–Crippen LogP) is 2.46. The summed E-state index contributed by atoms with van der Waals surface area (Å²) in [5.41, 5.74) is -1.09. The zero-order chi connectivity index (χ0) is 11.0. The fourth-order valence-electron chi connectivity index (χ4n) is 0.975. The van der Waals surface area contributed by atoms with Crippen molar-refractivity contribution in [2.75, 3.05) is 0 Å². The zero-order valence-corrected chi connectivity index (χ0v) is 7.34. The van der Waals surface area contributed by atoms with Gasteiger partial charge in [-0.3, -0.25) is 10.1 Å². The van der Waals surface area contributed by atoms with Crippen LogP contribution in [0.5, 0.6) is 0 Å². The van der Waals surface area contributed by atoms with Crippen LogP contribution in [0.1, 0.15) is 0 Å². The predicted molar refractivity (Wildman–Crippen MR) is 43.2 cm³/mol. The number of nitro groups is 1. The van der Waals surface area contributed by atoms with Crippen molar-refractivity contribution < 1.29 is 18.1 Å². The van der Waals surface area contributed by atoms with E-state index in [-0.39, 0.29) is 0 Å². The SMILES string of the molecule is O=[N+]([O-])C1=C[CH]C=CC1(Cl)C(F)(F)F. The van der Waals surface area contributed by atoms with Crippen molar-refractivity contribution >= 4 is 11.6 Å². The molecule has 0 heterocycles. The largest absolute Gasteiger partial charge is 0.421 e. The van der Waals surface area contributed by atoms with Crippen molar-refractivity contribution in [1.29, 1.82) is 0 Å². The van der Waals surface area contributed by atoms with Crippen LogP contribution in [-0.2, 0) is 0 Å². The Bertz CT molecular complexity index is 323. The molecule has 0 fully saturated rings. The smallest absolute Gasteiger partial charge is 0.259 e. The third-order valence-electron chi connectivity index (χ3n) is 1.67. The summed E-state index contributed by atoms with van der Waals surface area (Å²) in [6, 6.07) is 0. The van der Waals surface area contributed by atoms with E-state index in [0.29, 0.717) is 6.08 Å². The minimum absolute atomic E-state index is 0.548. The second-order valence-electron chi connectivity index (χ2n) is 2.57. The van der Waals surface area contributed by atoms with Gasteiger partial charge in [-0.1, -0.05) is 17.7 Å². The maximum absolute atomic E-state index is 12.4. The molecule has 0 N–H and O–H groups in total. The average Bonchev–Trinajstić information content (AvgIpc) is 2.02. The summed E-state index contributed by atoms with van der Waals surface area (Å²) >= 11 is 5.17. The molecule has 1 atom stereocenters. The molecule has 0 aliphatic heterocycles. The van der Waals surface area contributed by atoms with E-state index in [0.717, 1.165) is 18.6 Å². The second kappa shape index (κ2) is 3.27. The molecule has 0 saturated heterocycles. The molecule has 0 aromatic carbocycles. The number of alkyl halides is 4. The zero-order valence-electron chi connectivity index (χ0n) is 6.58. The Morgan fingerprint density at radius 3 is 2.43 bits per heavy atom. The quantitative estimate of drug-likeness (QED) is 0.392. The Balaban J connectivity index is 3.18. The summed E-state index contributed by atoms with van der Waals surface area (Å²) in [7, 11) is 0. The van der Waals surface area contributed by atoms with Crippen molar-refractivity contribution in [2.24, 2.45) is 0 Å². The molecule has 0 aromatic rings. The molecule has 7 heteroatoms. The van der Waals surface area contributed by atoms with Gasteiger partial charge in [-0.2, -0.15) is 13.2 Å². The fraction of sp³-hybridized carbons (Fsp3) is 0.286. The first-order chi connectivity index (χ1) is 6.29. The number of allylic oxidation sites excluding steroid dienone is 3. The lowest BCUT2D eigenvalue weighted by atomic mass is 9.98. The van der Waals surface area contributed by atoms with Crippen LogP contribution in [0.25, 0.3) is 0 Å². The van der Waals surface area contributed by atoms with E-state index in [9.17, 15) is 23.3 Å². The van der Waals surface area contributed by atoms with Crippen LogP contribution in [-0.4, -0.2) is 16.0 Å². The highest BCUT2D eigenvalue weighted by Gasteiger charge is 2.60. The molecule has 0 bridgehead atoms. The molecule has 1 aliphatic carbocycles.